The van der Waals surface area contributed by atoms with E-state index in [1.165, 1.54) is 10.9 Å². The van der Waals surface area contributed by atoms with Crippen molar-refractivity contribution in [3.63, 3.8) is 0 Å². The fraction of sp³-hybridized carbons (Fsp3) is 0.250. The first-order valence-corrected chi connectivity index (χ1v) is 11.0. The fourth-order valence-corrected chi connectivity index (χ4v) is 3.82. The van der Waals surface area contributed by atoms with E-state index in [9.17, 15) is 14.4 Å². The van der Waals surface area contributed by atoms with Gasteiger partial charge in [-0.05, 0) is 23.3 Å². The summed E-state index contributed by atoms with van der Waals surface area (Å²) < 4.78 is 14.3. The summed E-state index contributed by atoms with van der Waals surface area (Å²) in [6, 6.07) is 16.2. The van der Waals surface area contributed by atoms with Crippen molar-refractivity contribution in [2.24, 2.45) is 0 Å². The minimum atomic E-state index is -0.715. The Kier molecular flexibility index (Phi) is 7.24. The highest BCUT2D eigenvalue weighted by Crippen LogP contribution is 2.12. The maximum absolute atomic E-state index is 13.3. The first-order valence-electron chi connectivity index (χ1n) is 10.6. The second-order valence-electron chi connectivity index (χ2n) is 7.64. The molecule has 0 amide bonds. The first-order chi connectivity index (χ1) is 16.5. The largest absolute Gasteiger partial charge is 0.459 e. The van der Waals surface area contributed by atoms with Crippen LogP contribution < -0.4 is 11.2 Å². The second kappa shape index (κ2) is 10.5. The van der Waals surface area contributed by atoms with Gasteiger partial charge in [0.25, 0.3) is 5.56 Å². The highest BCUT2D eigenvalue weighted by atomic mass is 35.5. The van der Waals surface area contributed by atoms with Crippen LogP contribution in [-0.4, -0.2) is 38.4 Å². The predicted molar refractivity (Wildman–Crippen MR) is 127 cm³/mol. The van der Waals surface area contributed by atoms with Gasteiger partial charge < -0.3 is 14.0 Å². The molecule has 2 aromatic carbocycles. The van der Waals surface area contributed by atoms with Gasteiger partial charge in [-0.25, -0.2) is 14.3 Å². The number of carbonyl (C=O) groups is 1. The van der Waals surface area contributed by atoms with Gasteiger partial charge in [0, 0.05) is 18.7 Å². The highest BCUT2D eigenvalue weighted by Gasteiger charge is 2.20. The SMILES string of the molecule is COCCn1cnc2c1c(=O)n(CC(=O)OCc1cccc(Cl)c1)c(=O)n2Cc1ccccc1. The molecule has 0 saturated heterocycles. The van der Waals surface area contributed by atoms with Crippen LogP contribution >= 0.6 is 11.6 Å². The number of rotatable bonds is 9. The molecule has 0 aliphatic heterocycles. The van der Waals surface area contributed by atoms with Crippen LogP contribution in [0.15, 0.2) is 70.5 Å². The molecule has 0 aliphatic carbocycles. The van der Waals surface area contributed by atoms with Crippen LogP contribution in [0.3, 0.4) is 0 Å². The molecule has 10 heteroatoms. The molecule has 0 radical (unpaired) electrons. The molecule has 2 aromatic heterocycles. The zero-order valence-corrected chi connectivity index (χ0v) is 19.3. The maximum atomic E-state index is 13.3. The van der Waals surface area contributed by atoms with Crippen molar-refractivity contribution in [3.8, 4) is 0 Å². The monoisotopic (exact) mass is 482 g/mol. The third kappa shape index (κ3) is 5.11. The lowest BCUT2D eigenvalue weighted by Crippen LogP contribution is -2.42. The number of halogens is 1. The lowest BCUT2D eigenvalue weighted by Gasteiger charge is -2.13. The van der Waals surface area contributed by atoms with E-state index in [2.05, 4.69) is 4.98 Å². The third-order valence-electron chi connectivity index (χ3n) is 5.28. The summed E-state index contributed by atoms with van der Waals surface area (Å²) in [7, 11) is 1.55. The van der Waals surface area contributed by atoms with E-state index in [1.54, 1.807) is 35.9 Å². The van der Waals surface area contributed by atoms with Gasteiger partial charge in [0.1, 0.15) is 13.2 Å². The molecule has 0 fully saturated rings. The molecule has 0 N–H and O–H groups in total. The van der Waals surface area contributed by atoms with Gasteiger partial charge in [0.05, 0.1) is 19.5 Å². The number of ether oxygens (including phenoxy) is 2. The Hall–Kier alpha value is -3.69. The number of imidazole rings is 1. The van der Waals surface area contributed by atoms with Gasteiger partial charge in [0.15, 0.2) is 11.2 Å². The standard InChI is InChI=1S/C24H23ClN4O5/c1-33-11-10-27-16-26-22-21(27)23(31)29(24(32)28(22)13-17-6-3-2-4-7-17)14-20(30)34-15-18-8-5-9-19(25)12-18/h2-9,12,16H,10-11,13-15H2,1H3. The Labute approximate surface area is 199 Å². The van der Waals surface area contributed by atoms with E-state index in [4.69, 9.17) is 21.1 Å². The molecular weight excluding hydrogens is 460 g/mol. The Morgan fingerprint density at radius 3 is 2.53 bits per heavy atom. The number of carbonyl (C=O) groups excluding carboxylic acids is 1. The van der Waals surface area contributed by atoms with Crippen molar-refractivity contribution in [2.75, 3.05) is 13.7 Å². The molecule has 0 spiro atoms. The molecule has 0 aliphatic rings. The Bertz CT molecular complexity index is 1430. The topological polar surface area (TPSA) is 97.4 Å². The number of fused-ring (bicyclic) bond motifs is 1. The maximum Gasteiger partial charge on any atom is 0.333 e. The molecule has 4 aromatic rings. The molecule has 176 valence electrons. The van der Waals surface area contributed by atoms with Crippen LogP contribution in [0.4, 0.5) is 0 Å². The molecule has 2 heterocycles. The highest BCUT2D eigenvalue weighted by molar-refractivity contribution is 6.30. The van der Waals surface area contributed by atoms with E-state index in [1.807, 2.05) is 30.3 Å². The number of aromatic nitrogens is 4. The van der Waals surface area contributed by atoms with E-state index in [0.717, 1.165) is 10.1 Å². The minimum Gasteiger partial charge on any atom is -0.459 e. The van der Waals surface area contributed by atoms with Crippen molar-refractivity contribution in [1.29, 1.82) is 0 Å². The van der Waals surface area contributed by atoms with Crippen LogP contribution in [0.1, 0.15) is 11.1 Å². The van der Waals surface area contributed by atoms with Crippen molar-refractivity contribution < 1.29 is 14.3 Å². The molecule has 4 rings (SSSR count). The second-order valence-corrected chi connectivity index (χ2v) is 8.08. The summed E-state index contributed by atoms with van der Waals surface area (Å²) in [4.78, 5) is 43.5. The molecule has 0 saturated carbocycles. The average Bonchev–Trinajstić information content (AvgIpc) is 3.26. The summed E-state index contributed by atoms with van der Waals surface area (Å²) in [5, 5.41) is 0.517. The number of benzene rings is 2. The smallest absolute Gasteiger partial charge is 0.333 e. The Morgan fingerprint density at radius 2 is 1.79 bits per heavy atom. The van der Waals surface area contributed by atoms with Gasteiger partial charge in [-0.1, -0.05) is 54.1 Å². The van der Waals surface area contributed by atoms with Crippen LogP contribution in [0.2, 0.25) is 5.02 Å². The van der Waals surface area contributed by atoms with Crippen molar-refractivity contribution >= 4 is 28.7 Å². The molecule has 9 nitrogen and oxygen atoms in total. The van der Waals surface area contributed by atoms with E-state index >= 15 is 0 Å². The number of hydrogen-bond donors (Lipinski definition) is 0. The molecule has 34 heavy (non-hydrogen) atoms. The summed E-state index contributed by atoms with van der Waals surface area (Å²) in [6.07, 6.45) is 1.49. The molecule has 0 unspecified atom stereocenters. The van der Waals surface area contributed by atoms with E-state index in [0.29, 0.717) is 23.7 Å². The minimum absolute atomic E-state index is 0.0274. The normalized spacial score (nSPS) is 11.1. The fourth-order valence-electron chi connectivity index (χ4n) is 3.61. The van der Waals surface area contributed by atoms with E-state index < -0.39 is 23.8 Å². The lowest BCUT2D eigenvalue weighted by molar-refractivity contribution is -0.145. The van der Waals surface area contributed by atoms with E-state index in [-0.39, 0.29) is 24.3 Å². The van der Waals surface area contributed by atoms with Crippen molar-refractivity contribution in [1.82, 2.24) is 18.7 Å². The van der Waals surface area contributed by atoms with Crippen LogP contribution in [-0.2, 0) is 40.5 Å². The van der Waals surface area contributed by atoms with Crippen molar-refractivity contribution in [3.05, 3.63) is 97.9 Å². The van der Waals surface area contributed by atoms with Gasteiger partial charge in [-0.2, -0.15) is 0 Å². The number of methoxy groups -OCH3 is 1. The van der Waals surface area contributed by atoms with Crippen LogP contribution in [0.25, 0.3) is 11.2 Å². The number of hydrogen-bond acceptors (Lipinski definition) is 6. The number of nitrogens with zero attached hydrogens (tertiary/aromatic N) is 4. The quantitative estimate of drug-likeness (QED) is 0.340. The predicted octanol–water partition coefficient (Wildman–Crippen LogP) is 2.45. The summed E-state index contributed by atoms with van der Waals surface area (Å²) in [6.45, 7) is 0.351. The average molecular weight is 483 g/mol. The summed E-state index contributed by atoms with van der Waals surface area (Å²) >= 11 is 5.96. The molecular formula is C24H23ClN4O5. The summed E-state index contributed by atoms with van der Waals surface area (Å²) in [5.41, 5.74) is 0.762. The number of esters is 1. The molecule has 0 atom stereocenters. The third-order valence-corrected chi connectivity index (χ3v) is 5.51. The van der Waals surface area contributed by atoms with Gasteiger partial charge in [0.2, 0.25) is 0 Å². The Balaban J connectivity index is 1.70. The van der Waals surface area contributed by atoms with Gasteiger partial charge in [-0.3, -0.25) is 14.2 Å². The molecule has 0 bridgehead atoms. The zero-order chi connectivity index (χ0) is 24.1. The lowest BCUT2D eigenvalue weighted by atomic mass is 10.2. The van der Waals surface area contributed by atoms with Crippen LogP contribution in [0, 0.1) is 0 Å². The van der Waals surface area contributed by atoms with Gasteiger partial charge >= 0.3 is 11.7 Å². The van der Waals surface area contributed by atoms with Gasteiger partial charge in [-0.15, -0.1) is 0 Å². The van der Waals surface area contributed by atoms with Crippen molar-refractivity contribution in [2.45, 2.75) is 26.2 Å². The zero-order valence-electron chi connectivity index (χ0n) is 18.5. The van der Waals surface area contributed by atoms with Crippen LogP contribution in [0.5, 0.6) is 0 Å². The first kappa shape index (κ1) is 23.5. The Morgan fingerprint density at radius 1 is 1.03 bits per heavy atom. The summed E-state index contributed by atoms with van der Waals surface area (Å²) in [5.74, 6) is -0.715.